The van der Waals surface area contributed by atoms with Gasteiger partial charge < -0.3 is 9.84 Å². The highest BCUT2D eigenvalue weighted by Crippen LogP contribution is 2.21. The van der Waals surface area contributed by atoms with Crippen LogP contribution in [0.15, 0.2) is 52.4 Å². The number of nitrogens with zero attached hydrogens (tertiary/aromatic N) is 2. The fourth-order valence-corrected chi connectivity index (χ4v) is 2.62. The van der Waals surface area contributed by atoms with Crippen LogP contribution in [0.2, 0.25) is 0 Å². The first-order valence-electron chi connectivity index (χ1n) is 6.98. The van der Waals surface area contributed by atoms with Crippen molar-refractivity contribution in [2.75, 3.05) is 0 Å². The summed E-state index contributed by atoms with van der Waals surface area (Å²) in [5.74, 6) is 1.03. The van der Waals surface area contributed by atoms with Gasteiger partial charge in [0, 0.05) is 19.4 Å². The highest BCUT2D eigenvalue weighted by molar-refractivity contribution is 7.13. The molecule has 6 heteroatoms. The van der Waals surface area contributed by atoms with Crippen molar-refractivity contribution in [3.63, 3.8) is 0 Å². The summed E-state index contributed by atoms with van der Waals surface area (Å²) in [4.78, 5) is 17.1. The lowest BCUT2D eigenvalue weighted by Gasteiger charge is -2.03. The predicted molar refractivity (Wildman–Crippen MR) is 84.2 cm³/mol. The summed E-state index contributed by atoms with van der Waals surface area (Å²) in [5.41, 5.74) is 1.08. The van der Waals surface area contributed by atoms with E-state index in [9.17, 15) is 4.79 Å². The first-order valence-corrected chi connectivity index (χ1v) is 7.86. The van der Waals surface area contributed by atoms with Gasteiger partial charge in [-0.3, -0.25) is 4.79 Å². The second-order valence-electron chi connectivity index (χ2n) is 4.75. The molecule has 22 heavy (non-hydrogen) atoms. The summed E-state index contributed by atoms with van der Waals surface area (Å²) in [6.07, 6.45) is 0.776. The quantitative estimate of drug-likeness (QED) is 0.759. The Labute approximate surface area is 132 Å². The van der Waals surface area contributed by atoms with E-state index in [4.69, 9.17) is 4.52 Å². The molecule has 112 valence electrons. The molecule has 1 aromatic carbocycles. The van der Waals surface area contributed by atoms with Crippen LogP contribution in [-0.4, -0.2) is 16.0 Å². The van der Waals surface area contributed by atoms with Crippen LogP contribution in [0.1, 0.15) is 17.9 Å². The Hall–Kier alpha value is -2.47. The second kappa shape index (κ2) is 7.00. The maximum Gasteiger partial charge on any atom is 0.227 e. The van der Waals surface area contributed by atoms with Crippen molar-refractivity contribution in [2.45, 2.75) is 19.4 Å². The number of aromatic nitrogens is 2. The van der Waals surface area contributed by atoms with E-state index in [-0.39, 0.29) is 5.91 Å². The van der Waals surface area contributed by atoms with E-state index in [2.05, 4.69) is 15.5 Å². The van der Waals surface area contributed by atoms with Gasteiger partial charge in [0.2, 0.25) is 17.6 Å². The summed E-state index contributed by atoms with van der Waals surface area (Å²) in [5, 5.41) is 8.76. The Morgan fingerprint density at radius 2 is 2.05 bits per heavy atom. The lowest BCUT2D eigenvalue weighted by molar-refractivity contribution is -0.121. The number of thiophene rings is 1. The van der Waals surface area contributed by atoms with E-state index >= 15 is 0 Å². The summed E-state index contributed by atoms with van der Waals surface area (Å²) >= 11 is 1.56. The van der Waals surface area contributed by atoms with Crippen molar-refractivity contribution < 1.29 is 9.32 Å². The van der Waals surface area contributed by atoms with Crippen LogP contribution in [-0.2, 0) is 17.8 Å². The fourth-order valence-electron chi connectivity index (χ4n) is 1.97. The maximum absolute atomic E-state index is 11.8. The van der Waals surface area contributed by atoms with Crippen LogP contribution < -0.4 is 5.32 Å². The number of aryl methyl sites for hydroxylation is 1. The molecule has 3 aromatic rings. The van der Waals surface area contributed by atoms with Gasteiger partial charge in [-0.1, -0.05) is 41.6 Å². The molecule has 0 aliphatic rings. The molecule has 0 saturated carbocycles. The van der Waals surface area contributed by atoms with E-state index < -0.39 is 0 Å². The molecule has 0 radical (unpaired) electrons. The number of amides is 1. The van der Waals surface area contributed by atoms with E-state index in [0.29, 0.717) is 31.1 Å². The molecule has 0 saturated heterocycles. The van der Waals surface area contributed by atoms with Gasteiger partial charge in [0.15, 0.2) is 0 Å². The van der Waals surface area contributed by atoms with Crippen molar-refractivity contribution in [1.29, 1.82) is 0 Å². The first kappa shape index (κ1) is 14.5. The van der Waals surface area contributed by atoms with Gasteiger partial charge in [0.25, 0.3) is 0 Å². The van der Waals surface area contributed by atoms with Crippen molar-refractivity contribution in [3.05, 3.63) is 59.3 Å². The van der Waals surface area contributed by atoms with Crippen molar-refractivity contribution in [2.24, 2.45) is 0 Å². The number of carbonyl (C=O) groups is 1. The number of benzene rings is 1. The molecule has 1 amide bonds. The summed E-state index contributed by atoms with van der Waals surface area (Å²) < 4.78 is 5.17. The number of hydrogen-bond acceptors (Lipinski definition) is 5. The molecule has 0 aliphatic carbocycles. The van der Waals surface area contributed by atoms with Crippen LogP contribution in [0.3, 0.4) is 0 Å². The van der Waals surface area contributed by atoms with Gasteiger partial charge in [-0.25, -0.2) is 0 Å². The molecule has 2 heterocycles. The SMILES string of the molecule is O=C(CCc1nc(-c2cccs2)no1)NCc1ccccc1. The Balaban J connectivity index is 1.47. The third-order valence-corrected chi connectivity index (χ3v) is 3.97. The van der Waals surface area contributed by atoms with Crippen LogP contribution in [0.25, 0.3) is 10.7 Å². The third kappa shape index (κ3) is 3.79. The summed E-state index contributed by atoms with van der Waals surface area (Å²) in [6, 6.07) is 13.7. The Morgan fingerprint density at radius 3 is 2.82 bits per heavy atom. The minimum Gasteiger partial charge on any atom is -0.352 e. The van der Waals surface area contributed by atoms with Gasteiger partial charge in [0.05, 0.1) is 4.88 Å². The largest absolute Gasteiger partial charge is 0.352 e. The zero-order chi connectivity index (χ0) is 15.2. The zero-order valence-corrected chi connectivity index (χ0v) is 12.7. The Kier molecular flexibility index (Phi) is 4.60. The molecule has 5 nitrogen and oxygen atoms in total. The minimum atomic E-state index is -0.0280. The minimum absolute atomic E-state index is 0.0280. The molecule has 0 spiro atoms. The normalized spacial score (nSPS) is 10.5. The molecular weight excluding hydrogens is 298 g/mol. The fraction of sp³-hybridized carbons (Fsp3) is 0.188. The van der Waals surface area contributed by atoms with E-state index in [1.807, 2.05) is 47.8 Å². The van der Waals surface area contributed by atoms with E-state index in [0.717, 1.165) is 10.4 Å². The average Bonchev–Trinajstić information content (AvgIpc) is 3.22. The lowest BCUT2D eigenvalue weighted by atomic mass is 10.2. The number of rotatable bonds is 6. The zero-order valence-electron chi connectivity index (χ0n) is 11.9. The van der Waals surface area contributed by atoms with Gasteiger partial charge >= 0.3 is 0 Å². The molecule has 2 aromatic heterocycles. The van der Waals surface area contributed by atoms with Crippen LogP contribution >= 0.6 is 11.3 Å². The van der Waals surface area contributed by atoms with Gasteiger partial charge in [-0.05, 0) is 17.0 Å². The first-order chi connectivity index (χ1) is 10.8. The molecule has 1 N–H and O–H groups in total. The molecular formula is C16H15N3O2S. The smallest absolute Gasteiger partial charge is 0.227 e. The maximum atomic E-state index is 11.8. The van der Waals surface area contributed by atoms with Crippen LogP contribution in [0.4, 0.5) is 0 Å². The standard InChI is InChI=1S/C16H15N3O2S/c20-14(17-11-12-5-2-1-3-6-12)8-9-15-18-16(19-21-15)13-7-4-10-22-13/h1-7,10H,8-9,11H2,(H,17,20). The molecule has 3 rings (SSSR count). The number of carbonyl (C=O) groups excluding carboxylic acids is 1. The van der Waals surface area contributed by atoms with E-state index in [1.165, 1.54) is 0 Å². The monoisotopic (exact) mass is 313 g/mol. The highest BCUT2D eigenvalue weighted by atomic mass is 32.1. The van der Waals surface area contributed by atoms with Gasteiger partial charge in [-0.15, -0.1) is 11.3 Å². The van der Waals surface area contributed by atoms with Crippen LogP contribution in [0, 0.1) is 0 Å². The molecule has 0 unspecified atom stereocenters. The Bertz CT molecular complexity index is 723. The summed E-state index contributed by atoms with van der Waals surface area (Å²) in [7, 11) is 0. The predicted octanol–water partition coefficient (Wildman–Crippen LogP) is 3.05. The third-order valence-electron chi connectivity index (χ3n) is 3.11. The molecule has 0 aliphatic heterocycles. The van der Waals surface area contributed by atoms with Crippen LogP contribution in [0.5, 0.6) is 0 Å². The van der Waals surface area contributed by atoms with Crippen molar-refractivity contribution in [3.8, 4) is 10.7 Å². The average molecular weight is 313 g/mol. The second-order valence-corrected chi connectivity index (χ2v) is 5.70. The lowest BCUT2D eigenvalue weighted by Crippen LogP contribution is -2.22. The Morgan fingerprint density at radius 1 is 1.18 bits per heavy atom. The number of nitrogens with one attached hydrogen (secondary N) is 1. The van der Waals surface area contributed by atoms with Crippen molar-refractivity contribution in [1.82, 2.24) is 15.5 Å². The summed E-state index contributed by atoms with van der Waals surface area (Å²) in [6.45, 7) is 0.532. The highest BCUT2D eigenvalue weighted by Gasteiger charge is 2.11. The van der Waals surface area contributed by atoms with Crippen molar-refractivity contribution >= 4 is 17.2 Å². The molecule has 0 fully saturated rings. The number of hydrogen-bond donors (Lipinski definition) is 1. The molecule has 0 bridgehead atoms. The van der Waals surface area contributed by atoms with Gasteiger partial charge in [0.1, 0.15) is 0 Å². The van der Waals surface area contributed by atoms with E-state index in [1.54, 1.807) is 11.3 Å². The van der Waals surface area contributed by atoms with Gasteiger partial charge in [-0.2, -0.15) is 4.98 Å². The topological polar surface area (TPSA) is 68.0 Å². The molecule has 0 atom stereocenters.